The van der Waals surface area contributed by atoms with Crippen molar-refractivity contribution in [2.45, 2.75) is 39.8 Å². The van der Waals surface area contributed by atoms with Crippen molar-refractivity contribution in [3.05, 3.63) is 29.6 Å². The van der Waals surface area contributed by atoms with Crippen molar-refractivity contribution in [2.75, 3.05) is 24.5 Å². The Morgan fingerprint density at radius 2 is 2.19 bits per heavy atom. The normalized spacial score (nSPS) is 22.9. The van der Waals surface area contributed by atoms with Crippen LogP contribution in [0.5, 0.6) is 0 Å². The van der Waals surface area contributed by atoms with Crippen LogP contribution in [-0.4, -0.2) is 30.8 Å². The van der Waals surface area contributed by atoms with Gasteiger partial charge in [0.05, 0.1) is 6.10 Å². The van der Waals surface area contributed by atoms with Gasteiger partial charge < -0.3 is 15.3 Å². The quantitative estimate of drug-likeness (QED) is 0.876. The molecule has 1 aliphatic heterocycles. The molecule has 1 aliphatic rings. The standard InChI is InChI=1S/C17H27FN2O/c1-12(2)9-19-10-14-15(18)5-4-6-16(14)20-8-7-13(3)17(21)11-20/h4-6,12-13,17,19,21H,7-11H2,1-3H3. The third-order valence-corrected chi connectivity index (χ3v) is 4.21. The number of hydrogen-bond donors (Lipinski definition) is 2. The summed E-state index contributed by atoms with van der Waals surface area (Å²) in [6.07, 6.45) is 0.606. The van der Waals surface area contributed by atoms with E-state index in [1.807, 2.05) is 6.07 Å². The molecule has 1 heterocycles. The van der Waals surface area contributed by atoms with Crippen LogP contribution in [0.4, 0.5) is 10.1 Å². The second kappa shape index (κ2) is 7.23. The average Bonchev–Trinajstić information content (AvgIpc) is 2.43. The third kappa shape index (κ3) is 4.17. The zero-order valence-electron chi connectivity index (χ0n) is 13.3. The maximum absolute atomic E-state index is 14.2. The minimum atomic E-state index is -0.335. The molecular weight excluding hydrogens is 267 g/mol. The molecule has 21 heavy (non-hydrogen) atoms. The van der Waals surface area contributed by atoms with Gasteiger partial charge in [0.25, 0.3) is 0 Å². The Bertz CT molecular complexity index is 464. The number of anilines is 1. The lowest BCUT2D eigenvalue weighted by Gasteiger charge is -2.37. The molecule has 3 nitrogen and oxygen atoms in total. The fraction of sp³-hybridized carbons (Fsp3) is 0.647. The monoisotopic (exact) mass is 294 g/mol. The van der Waals surface area contributed by atoms with Crippen molar-refractivity contribution < 1.29 is 9.50 Å². The second-order valence-electron chi connectivity index (χ2n) is 6.54. The van der Waals surface area contributed by atoms with Crippen LogP contribution in [0.25, 0.3) is 0 Å². The lowest BCUT2D eigenvalue weighted by Crippen LogP contribution is -2.43. The van der Waals surface area contributed by atoms with E-state index in [4.69, 9.17) is 0 Å². The Balaban J connectivity index is 2.13. The van der Waals surface area contributed by atoms with Crippen molar-refractivity contribution in [3.8, 4) is 0 Å². The lowest BCUT2D eigenvalue weighted by atomic mass is 9.95. The van der Waals surface area contributed by atoms with Gasteiger partial charge in [-0.05, 0) is 36.9 Å². The first-order valence-electron chi connectivity index (χ1n) is 7.90. The van der Waals surface area contributed by atoms with Crippen LogP contribution in [0.3, 0.4) is 0 Å². The number of aliphatic hydroxyl groups is 1. The fourth-order valence-electron chi connectivity index (χ4n) is 2.77. The van der Waals surface area contributed by atoms with Gasteiger partial charge in [0.2, 0.25) is 0 Å². The highest BCUT2D eigenvalue weighted by molar-refractivity contribution is 5.54. The summed E-state index contributed by atoms with van der Waals surface area (Å²) in [5.74, 6) is 0.687. The van der Waals surface area contributed by atoms with Crippen molar-refractivity contribution in [1.82, 2.24) is 5.32 Å². The summed E-state index contributed by atoms with van der Waals surface area (Å²) < 4.78 is 14.2. The summed E-state index contributed by atoms with van der Waals surface area (Å²) in [5, 5.41) is 13.4. The van der Waals surface area contributed by atoms with Crippen LogP contribution in [0, 0.1) is 17.7 Å². The summed E-state index contributed by atoms with van der Waals surface area (Å²) in [7, 11) is 0. The Kier molecular flexibility index (Phi) is 5.59. The van der Waals surface area contributed by atoms with Gasteiger partial charge in [-0.3, -0.25) is 0 Å². The molecule has 2 rings (SSSR count). The SMILES string of the molecule is CC(C)CNCc1c(F)cccc1N1CCC(C)C(O)C1. The number of piperidine rings is 1. The summed E-state index contributed by atoms with van der Waals surface area (Å²) >= 11 is 0. The molecular formula is C17H27FN2O. The number of hydrogen-bond acceptors (Lipinski definition) is 3. The van der Waals surface area contributed by atoms with Gasteiger partial charge in [-0.1, -0.05) is 26.8 Å². The van der Waals surface area contributed by atoms with Crippen molar-refractivity contribution in [2.24, 2.45) is 11.8 Å². The number of nitrogens with one attached hydrogen (secondary N) is 1. The number of aliphatic hydroxyl groups excluding tert-OH is 1. The van der Waals surface area contributed by atoms with Gasteiger partial charge in [-0.2, -0.15) is 0 Å². The topological polar surface area (TPSA) is 35.5 Å². The van der Waals surface area contributed by atoms with Crippen LogP contribution >= 0.6 is 0 Å². The number of benzene rings is 1. The first-order chi connectivity index (χ1) is 9.99. The van der Waals surface area contributed by atoms with E-state index >= 15 is 0 Å². The van der Waals surface area contributed by atoms with Gasteiger partial charge >= 0.3 is 0 Å². The molecule has 4 heteroatoms. The molecule has 2 N–H and O–H groups in total. The molecule has 1 saturated heterocycles. The van der Waals surface area contributed by atoms with Gasteiger partial charge in [0.15, 0.2) is 0 Å². The van der Waals surface area contributed by atoms with Crippen molar-refractivity contribution >= 4 is 5.69 Å². The summed E-state index contributed by atoms with van der Waals surface area (Å²) in [5.41, 5.74) is 1.62. The highest BCUT2D eigenvalue weighted by Gasteiger charge is 2.26. The van der Waals surface area contributed by atoms with Gasteiger partial charge in [0.1, 0.15) is 5.82 Å². The zero-order chi connectivity index (χ0) is 15.4. The highest BCUT2D eigenvalue weighted by atomic mass is 19.1. The Hall–Kier alpha value is -1.13. The number of nitrogens with zero attached hydrogens (tertiary/aromatic N) is 1. The van der Waals surface area contributed by atoms with Crippen molar-refractivity contribution in [1.29, 1.82) is 0 Å². The van der Waals surface area contributed by atoms with Crippen molar-refractivity contribution in [3.63, 3.8) is 0 Å². The predicted octanol–water partition coefficient (Wildman–Crippen LogP) is 2.78. The largest absolute Gasteiger partial charge is 0.391 e. The van der Waals surface area contributed by atoms with Gasteiger partial charge in [-0.25, -0.2) is 4.39 Å². The number of β-amino-alcohol motifs (C(OH)–C–C–N with tert-alkyl or cyclic N) is 1. The van der Waals surface area contributed by atoms with E-state index in [-0.39, 0.29) is 11.9 Å². The lowest BCUT2D eigenvalue weighted by molar-refractivity contribution is 0.103. The molecule has 1 aromatic rings. The Morgan fingerprint density at radius 1 is 1.43 bits per heavy atom. The summed E-state index contributed by atoms with van der Waals surface area (Å²) in [4.78, 5) is 2.11. The third-order valence-electron chi connectivity index (χ3n) is 4.21. The maximum Gasteiger partial charge on any atom is 0.129 e. The van der Waals surface area contributed by atoms with E-state index in [1.54, 1.807) is 6.07 Å². The highest BCUT2D eigenvalue weighted by Crippen LogP contribution is 2.28. The van der Waals surface area contributed by atoms with Gasteiger partial charge in [-0.15, -0.1) is 0 Å². The first-order valence-corrected chi connectivity index (χ1v) is 7.90. The smallest absolute Gasteiger partial charge is 0.129 e. The van der Waals surface area contributed by atoms with E-state index in [9.17, 15) is 9.50 Å². The van der Waals surface area contributed by atoms with E-state index in [0.29, 0.717) is 30.5 Å². The average molecular weight is 294 g/mol. The molecule has 1 aromatic carbocycles. The summed E-state index contributed by atoms with van der Waals surface area (Å²) in [6.45, 7) is 9.20. The van der Waals surface area contributed by atoms with E-state index in [0.717, 1.165) is 25.2 Å². The van der Waals surface area contributed by atoms with Crippen LogP contribution < -0.4 is 10.2 Å². The predicted molar refractivity (Wildman–Crippen MR) is 84.9 cm³/mol. The van der Waals surface area contributed by atoms with Crippen LogP contribution in [0.15, 0.2) is 18.2 Å². The van der Waals surface area contributed by atoms with Crippen LogP contribution in [0.2, 0.25) is 0 Å². The fourth-order valence-corrected chi connectivity index (χ4v) is 2.77. The molecule has 0 aromatic heterocycles. The summed E-state index contributed by atoms with van der Waals surface area (Å²) in [6, 6.07) is 5.22. The molecule has 0 bridgehead atoms. The van der Waals surface area contributed by atoms with Crippen LogP contribution in [0.1, 0.15) is 32.8 Å². The molecule has 1 fully saturated rings. The number of halogens is 1. The molecule has 0 aliphatic carbocycles. The Morgan fingerprint density at radius 3 is 2.86 bits per heavy atom. The van der Waals surface area contributed by atoms with E-state index in [1.165, 1.54) is 6.07 Å². The molecule has 0 radical (unpaired) electrons. The molecule has 2 atom stereocenters. The Labute approximate surface area is 127 Å². The first kappa shape index (κ1) is 16.2. The van der Waals surface area contributed by atoms with Gasteiger partial charge in [0, 0.05) is 30.9 Å². The minimum Gasteiger partial charge on any atom is -0.391 e. The maximum atomic E-state index is 14.2. The molecule has 0 amide bonds. The van der Waals surface area contributed by atoms with E-state index in [2.05, 4.69) is 31.0 Å². The second-order valence-corrected chi connectivity index (χ2v) is 6.54. The molecule has 2 unspecified atom stereocenters. The zero-order valence-corrected chi connectivity index (χ0v) is 13.3. The molecule has 0 spiro atoms. The van der Waals surface area contributed by atoms with E-state index < -0.39 is 0 Å². The van der Waals surface area contributed by atoms with Crippen LogP contribution in [-0.2, 0) is 6.54 Å². The molecule has 0 saturated carbocycles. The number of rotatable bonds is 5. The minimum absolute atomic E-state index is 0.170. The molecule has 118 valence electrons.